The standard InChI is InChI=1S/C29H29ClN4O4/c1-19-25(27(35)36)26(22-10-6-11-23(30)18-22)34(29(38)31-19)17-7-16-33(2)28(37)32-24-14-12-21(13-15-24)20-8-4-3-5-9-20/h3-6,8-15,18,25-26H,7,16-17H2,1-2H3,(H,32,37)(H,35,36). The van der Waals surface area contributed by atoms with Crippen molar-refractivity contribution in [3.8, 4) is 11.1 Å². The number of halogens is 1. The number of carbonyl (C=O) groups excluding carboxylic acids is 2. The summed E-state index contributed by atoms with van der Waals surface area (Å²) in [6, 6.07) is 22.9. The van der Waals surface area contributed by atoms with Crippen LogP contribution in [0.15, 0.2) is 83.9 Å². The zero-order valence-electron chi connectivity index (χ0n) is 21.2. The Morgan fingerprint density at radius 2 is 1.71 bits per heavy atom. The summed E-state index contributed by atoms with van der Waals surface area (Å²) < 4.78 is 0. The molecule has 4 amide bonds. The summed E-state index contributed by atoms with van der Waals surface area (Å²) >= 11 is 6.17. The zero-order chi connectivity index (χ0) is 27.2. The maximum Gasteiger partial charge on any atom is 0.344 e. The Balaban J connectivity index is 1.39. The first-order valence-corrected chi connectivity index (χ1v) is 12.6. The highest BCUT2D eigenvalue weighted by Gasteiger charge is 2.42. The van der Waals surface area contributed by atoms with Gasteiger partial charge in [-0.25, -0.2) is 14.6 Å². The van der Waals surface area contributed by atoms with E-state index in [2.05, 4.69) is 10.3 Å². The number of hydrogen-bond acceptors (Lipinski definition) is 3. The van der Waals surface area contributed by atoms with Crippen molar-refractivity contribution >= 4 is 41.0 Å². The van der Waals surface area contributed by atoms with E-state index in [0.717, 1.165) is 11.1 Å². The maximum absolute atomic E-state index is 12.8. The lowest BCUT2D eigenvalue weighted by molar-refractivity contribution is -0.141. The maximum atomic E-state index is 12.8. The van der Waals surface area contributed by atoms with Crippen LogP contribution in [-0.4, -0.2) is 58.8 Å². The Morgan fingerprint density at radius 3 is 2.37 bits per heavy atom. The number of carbonyl (C=O) groups is 3. The average molecular weight is 533 g/mol. The van der Waals surface area contributed by atoms with Crippen molar-refractivity contribution in [3.63, 3.8) is 0 Å². The van der Waals surface area contributed by atoms with E-state index < -0.39 is 24.0 Å². The number of hydrogen-bond donors (Lipinski definition) is 2. The van der Waals surface area contributed by atoms with Gasteiger partial charge in [0, 0.05) is 36.6 Å². The number of amides is 4. The van der Waals surface area contributed by atoms with Crippen LogP contribution in [0.5, 0.6) is 0 Å². The van der Waals surface area contributed by atoms with E-state index in [9.17, 15) is 19.5 Å². The molecule has 0 fully saturated rings. The van der Waals surface area contributed by atoms with Gasteiger partial charge in [-0.2, -0.15) is 0 Å². The van der Waals surface area contributed by atoms with Crippen LogP contribution in [0.1, 0.15) is 24.9 Å². The third-order valence-electron chi connectivity index (χ3n) is 6.56. The second-order valence-corrected chi connectivity index (χ2v) is 9.63. The van der Waals surface area contributed by atoms with Gasteiger partial charge in [-0.15, -0.1) is 0 Å². The van der Waals surface area contributed by atoms with Crippen LogP contribution in [0.25, 0.3) is 11.1 Å². The largest absolute Gasteiger partial charge is 0.481 e. The number of nitrogens with one attached hydrogen (secondary N) is 1. The molecule has 38 heavy (non-hydrogen) atoms. The van der Waals surface area contributed by atoms with E-state index in [1.54, 1.807) is 38.2 Å². The molecule has 0 aliphatic carbocycles. The Hall–Kier alpha value is -4.17. The number of benzene rings is 3. The van der Waals surface area contributed by atoms with Crippen LogP contribution in [0, 0.1) is 5.92 Å². The summed E-state index contributed by atoms with van der Waals surface area (Å²) in [5, 5.41) is 13.2. The fraction of sp³-hybridized carbons (Fsp3) is 0.241. The number of aliphatic carboxylic acids is 1. The predicted octanol–water partition coefficient (Wildman–Crippen LogP) is 6.20. The lowest BCUT2D eigenvalue weighted by Crippen LogP contribution is -2.47. The molecule has 2 N–H and O–H groups in total. The number of rotatable bonds is 8. The molecule has 1 aliphatic rings. The number of carboxylic acids is 1. The van der Waals surface area contributed by atoms with E-state index >= 15 is 0 Å². The van der Waals surface area contributed by atoms with E-state index in [4.69, 9.17) is 11.6 Å². The van der Waals surface area contributed by atoms with Crippen molar-refractivity contribution in [2.24, 2.45) is 10.9 Å². The van der Waals surface area contributed by atoms with Gasteiger partial charge in [0.05, 0.1) is 6.04 Å². The summed E-state index contributed by atoms with van der Waals surface area (Å²) in [6.45, 7) is 2.12. The fourth-order valence-electron chi connectivity index (χ4n) is 4.60. The third-order valence-corrected chi connectivity index (χ3v) is 6.79. The Bertz CT molecular complexity index is 1340. The Morgan fingerprint density at radius 1 is 1.03 bits per heavy atom. The number of aliphatic imine (C=N–C) groups is 1. The molecule has 0 saturated heterocycles. The highest BCUT2D eigenvalue weighted by atomic mass is 35.5. The molecule has 3 aromatic carbocycles. The molecule has 3 aromatic rings. The van der Waals surface area contributed by atoms with Crippen LogP contribution in [0.3, 0.4) is 0 Å². The van der Waals surface area contributed by atoms with Gasteiger partial charge in [0.1, 0.15) is 5.92 Å². The van der Waals surface area contributed by atoms with Crippen LogP contribution in [0.2, 0.25) is 5.02 Å². The van der Waals surface area contributed by atoms with Crippen LogP contribution in [0.4, 0.5) is 15.3 Å². The smallest absolute Gasteiger partial charge is 0.344 e. The molecule has 9 heteroatoms. The predicted molar refractivity (Wildman–Crippen MR) is 149 cm³/mol. The molecule has 2 unspecified atom stereocenters. The third kappa shape index (κ3) is 6.20. The molecule has 0 aromatic heterocycles. The molecule has 0 saturated carbocycles. The molecule has 1 aliphatic heterocycles. The summed E-state index contributed by atoms with van der Waals surface area (Å²) in [5.74, 6) is -2.06. The first-order chi connectivity index (χ1) is 18.2. The van der Waals surface area contributed by atoms with Crippen LogP contribution >= 0.6 is 11.6 Å². The molecule has 0 spiro atoms. The first kappa shape index (κ1) is 26.9. The second-order valence-electron chi connectivity index (χ2n) is 9.19. The van der Waals surface area contributed by atoms with Gasteiger partial charge < -0.3 is 20.2 Å². The van der Waals surface area contributed by atoms with Gasteiger partial charge in [0.15, 0.2) is 0 Å². The SMILES string of the molecule is CC1=NC(=O)N(CCCN(C)C(=O)Nc2ccc(-c3ccccc3)cc2)C(c2cccc(Cl)c2)C1C(=O)O. The van der Waals surface area contributed by atoms with Gasteiger partial charge in [0.25, 0.3) is 0 Å². The highest BCUT2D eigenvalue weighted by Crippen LogP contribution is 2.35. The molecular weight excluding hydrogens is 504 g/mol. The van der Waals surface area contributed by atoms with Crippen molar-refractivity contribution < 1.29 is 19.5 Å². The average Bonchev–Trinajstić information content (AvgIpc) is 2.90. The molecular formula is C29H29ClN4O4. The molecule has 8 nitrogen and oxygen atoms in total. The highest BCUT2D eigenvalue weighted by molar-refractivity contribution is 6.30. The number of carboxylic acid groups (broad SMARTS) is 1. The summed E-state index contributed by atoms with van der Waals surface area (Å²) in [4.78, 5) is 44.7. The number of anilines is 1. The number of urea groups is 2. The zero-order valence-corrected chi connectivity index (χ0v) is 21.9. The van der Waals surface area contributed by atoms with Gasteiger partial charge in [0.2, 0.25) is 0 Å². The Labute approximate surface area is 226 Å². The minimum absolute atomic E-state index is 0.222. The first-order valence-electron chi connectivity index (χ1n) is 12.3. The lowest BCUT2D eigenvalue weighted by Gasteiger charge is -2.38. The molecule has 0 radical (unpaired) electrons. The van der Waals surface area contributed by atoms with Crippen molar-refractivity contribution in [2.75, 3.05) is 25.5 Å². The molecule has 196 valence electrons. The fourth-order valence-corrected chi connectivity index (χ4v) is 4.80. The van der Waals surface area contributed by atoms with Crippen molar-refractivity contribution in [3.05, 3.63) is 89.4 Å². The van der Waals surface area contributed by atoms with Crippen molar-refractivity contribution in [1.82, 2.24) is 9.80 Å². The van der Waals surface area contributed by atoms with E-state index in [1.807, 2.05) is 54.6 Å². The van der Waals surface area contributed by atoms with Crippen molar-refractivity contribution in [2.45, 2.75) is 19.4 Å². The summed E-state index contributed by atoms with van der Waals surface area (Å²) in [6.07, 6.45) is 0.431. The molecule has 4 rings (SSSR count). The topological polar surface area (TPSA) is 102 Å². The van der Waals surface area contributed by atoms with Gasteiger partial charge in [-0.3, -0.25) is 4.79 Å². The number of nitrogens with zero attached hydrogens (tertiary/aromatic N) is 3. The summed E-state index contributed by atoms with van der Waals surface area (Å²) in [7, 11) is 1.67. The van der Waals surface area contributed by atoms with Crippen LogP contribution < -0.4 is 5.32 Å². The van der Waals surface area contributed by atoms with Crippen molar-refractivity contribution in [1.29, 1.82) is 0 Å². The minimum atomic E-state index is -1.07. The van der Waals surface area contributed by atoms with Gasteiger partial charge in [-0.1, -0.05) is 66.2 Å². The molecule has 0 bridgehead atoms. The lowest BCUT2D eigenvalue weighted by atomic mass is 9.87. The molecule has 1 heterocycles. The van der Waals surface area contributed by atoms with Gasteiger partial charge >= 0.3 is 18.0 Å². The summed E-state index contributed by atoms with van der Waals surface area (Å²) in [5.41, 5.74) is 3.68. The normalized spacial score (nSPS) is 17.1. The van der Waals surface area contributed by atoms with E-state index in [1.165, 1.54) is 9.80 Å². The van der Waals surface area contributed by atoms with E-state index in [-0.39, 0.29) is 18.3 Å². The van der Waals surface area contributed by atoms with Gasteiger partial charge in [-0.05, 0) is 54.3 Å². The monoisotopic (exact) mass is 532 g/mol. The quantitative estimate of drug-likeness (QED) is 0.360. The Kier molecular flexibility index (Phi) is 8.43. The van der Waals surface area contributed by atoms with E-state index in [0.29, 0.717) is 29.2 Å². The second kappa shape index (κ2) is 11.9. The minimum Gasteiger partial charge on any atom is -0.481 e. The molecule has 2 atom stereocenters. The van der Waals surface area contributed by atoms with Crippen LogP contribution in [-0.2, 0) is 4.79 Å².